The first kappa shape index (κ1) is 16.3. The van der Waals surface area contributed by atoms with Crippen molar-refractivity contribution in [3.8, 4) is 38.9 Å². The number of aromatic nitrogens is 2. The third-order valence-corrected chi connectivity index (χ3v) is 4.55. The van der Waals surface area contributed by atoms with Gasteiger partial charge in [0.05, 0.1) is 21.3 Å². The Balaban J connectivity index is 2.24. The summed E-state index contributed by atoms with van der Waals surface area (Å²) in [4.78, 5) is 0. The average Bonchev–Trinajstić information content (AvgIpc) is 3.06. The van der Waals surface area contributed by atoms with Crippen LogP contribution in [0, 0.1) is 6.92 Å². The fourth-order valence-corrected chi connectivity index (χ4v) is 3.35. The average molecular weight is 342 g/mol. The molecule has 2 aromatic carbocycles. The van der Waals surface area contributed by atoms with E-state index in [-0.39, 0.29) is 0 Å². The minimum absolute atomic E-state index is 0.570. The minimum atomic E-state index is 0.570. The molecule has 0 saturated heterocycles. The Kier molecular flexibility index (Phi) is 4.66. The van der Waals surface area contributed by atoms with Crippen molar-refractivity contribution < 1.29 is 14.2 Å². The number of ether oxygens (including phenoxy) is 3. The van der Waals surface area contributed by atoms with Gasteiger partial charge in [-0.05, 0) is 24.6 Å². The molecular formula is C18H18N2O3S. The first-order valence-corrected chi connectivity index (χ1v) is 8.20. The second kappa shape index (κ2) is 6.88. The SMILES string of the molecule is COc1ccc(-c2ccccc2-c2nnc(C)s2)c(OC)c1OC. The molecule has 5 nitrogen and oxygen atoms in total. The van der Waals surface area contributed by atoms with E-state index < -0.39 is 0 Å². The first-order valence-electron chi connectivity index (χ1n) is 7.38. The van der Waals surface area contributed by atoms with Gasteiger partial charge in [0.15, 0.2) is 11.5 Å². The molecule has 1 aromatic heterocycles. The van der Waals surface area contributed by atoms with Crippen LogP contribution in [0.25, 0.3) is 21.7 Å². The Morgan fingerprint density at radius 2 is 1.46 bits per heavy atom. The van der Waals surface area contributed by atoms with Crippen LogP contribution >= 0.6 is 11.3 Å². The summed E-state index contributed by atoms with van der Waals surface area (Å²) < 4.78 is 16.5. The fourth-order valence-electron chi connectivity index (χ4n) is 2.62. The Bertz CT molecular complexity index is 861. The van der Waals surface area contributed by atoms with Gasteiger partial charge in [0.2, 0.25) is 5.75 Å². The first-order chi connectivity index (χ1) is 11.7. The molecule has 124 valence electrons. The van der Waals surface area contributed by atoms with E-state index in [4.69, 9.17) is 14.2 Å². The number of benzene rings is 2. The van der Waals surface area contributed by atoms with Crippen molar-refractivity contribution in [3.63, 3.8) is 0 Å². The molecule has 0 spiro atoms. The molecule has 0 radical (unpaired) electrons. The molecule has 24 heavy (non-hydrogen) atoms. The zero-order valence-electron chi connectivity index (χ0n) is 14.0. The molecule has 0 N–H and O–H groups in total. The standard InChI is InChI=1S/C18H18N2O3S/c1-11-19-20-18(24-11)14-8-6-5-7-12(14)13-9-10-15(21-2)17(23-4)16(13)22-3/h5-10H,1-4H3. The van der Waals surface area contributed by atoms with Crippen molar-refractivity contribution in [1.29, 1.82) is 0 Å². The summed E-state index contributed by atoms with van der Waals surface area (Å²) in [5.74, 6) is 1.83. The van der Waals surface area contributed by atoms with Gasteiger partial charge in [-0.2, -0.15) is 0 Å². The molecule has 0 fully saturated rings. The summed E-state index contributed by atoms with van der Waals surface area (Å²) in [6.45, 7) is 1.95. The predicted octanol–water partition coefficient (Wildman–Crippen LogP) is 4.21. The van der Waals surface area contributed by atoms with Gasteiger partial charge in [-0.1, -0.05) is 35.6 Å². The van der Waals surface area contributed by atoms with E-state index in [1.165, 1.54) is 0 Å². The Morgan fingerprint density at radius 3 is 2.04 bits per heavy atom. The van der Waals surface area contributed by atoms with Gasteiger partial charge in [-0.25, -0.2) is 0 Å². The number of methoxy groups -OCH3 is 3. The van der Waals surface area contributed by atoms with Gasteiger partial charge in [0.1, 0.15) is 10.0 Å². The molecule has 0 aliphatic rings. The third kappa shape index (κ3) is 2.80. The highest BCUT2D eigenvalue weighted by molar-refractivity contribution is 7.14. The maximum Gasteiger partial charge on any atom is 0.203 e. The minimum Gasteiger partial charge on any atom is -0.493 e. The van der Waals surface area contributed by atoms with E-state index in [1.54, 1.807) is 32.7 Å². The van der Waals surface area contributed by atoms with Gasteiger partial charge in [0, 0.05) is 11.1 Å². The van der Waals surface area contributed by atoms with Crippen molar-refractivity contribution in [1.82, 2.24) is 10.2 Å². The Morgan fingerprint density at radius 1 is 0.750 bits per heavy atom. The zero-order chi connectivity index (χ0) is 17.1. The smallest absolute Gasteiger partial charge is 0.203 e. The summed E-state index contributed by atoms with van der Waals surface area (Å²) >= 11 is 1.56. The summed E-state index contributed by atoms with van der Waals surface area (Å²) in [6, 6.07) is 11.9. The molecule has 0 aliphatic heterocycles. The van der Waals surface area contributed by atoms with Crippen LogP contribution in [0.3, 0.4) is 0 Å². The van der Waals surface area contributed by atoms with E-state index in [9.17, 15) is 0 Å². The number of rotatable bonds is 5. The summed E-state index contributed by atoms with van der Waals surface area (Å²) in [5, 5.41) is 10.2. The number of hydrogen-bond acceptors (Lipinski definition) is 6. The third-order valence-electron chi connectivity index (χ3n) is 3.68. The van der Waals surface area contributed by atoms with Gasteiger partial charge in [-0.3, -0.25) is 0 Å². The van der Waals surface area contributed by atoms with E-state index in [0.29, 0.717) is 17.2 Å². The molecule has 3 rings (SSSR count). The highest BCUT2D eigenvalue weighted by Gasteiger charge is 2.20. The lowest BCUT2D eigenvalue weighted by atomic mass is 9.98. The molecule has 0 atom stereocenters. The van der Waals surface area contributed by atoms with Gasteiger partial charge in [-0.15, -0.1) is 10.2 Å². The largest absolute Gasteiger partial charge is 0.493 e. The van der Waals surface area contributed by atoms with Crippen molar-refractivity contribution in [2.75, 3.05) is 21.3 Å². The van der Waals surface area contributed by atoms with Crippen molar-refractivity contribution >= 4 is 11.3 Å². The van der Waals surface area contributed by atoms with Crippen LogP contribution in [-0.2, 0) is 0 Å². The van der Waals surface area contributed by atoms with Crippen LogP contribution in [0.4, 0.5) is 0 Å². The van der Waals surface area contributed by atoms with Crippen molar-refractivity contribution in [2.24, 2.45) is 0 Å². The molecular weight excluding hydrogens is 324 g/mol. The van der Waals surface area contributed by atoms with E-state index in [1.807, 2.05) is 43.3 Å². The number of hydrogen-bond donors (Lipinski definition) is 0. The van der Waals surface area contributed by atoms with E-state index in [0.717, 1.165) is 26.7 Å². The topological polar surface area (TPSA) is 53.5 Å². The summed E-state index contributed by atoms with van der Waals surface area (Å²) in [6.07, 6.45) is 0. The second-order valence-electron chi connectivity index (χ2n) is 5.05. The van der Waals surface area contributed by atoms with Crippen LogP contribution in [0.15, 0.2) is 36.4 Å². The monoisotopic (exact) mass is 342 g/mol. The quantitative estimate of drug-likeness (QED) is 0.695. The van der Waals surface area contributed by atoms with Crippen LogP contribution in [0.1, 0.15) is 5.01 Å². The van der Waals surface area contributed by atoms with Crippen LogP contribution < -0.4 is 14.2 Å². The molecule has 3 aromatic rings. The number of aryl methyl sites for hydroxylation is 1. The zero-order valence-corrected chi connectivity index (χ0v) is 14.8. The summed E-state index contributed by atoms with van der Waals surface area (Å²) in [7, 11) is 4.83. The predicted molar refractivity (Wildman–Crippen MR) is 95.2 cm³/mol. The second-order valence-corrected chi connectivity index (χ2v) is 6.24. The normalized spacial score (nSPS) is 10.5. The molecule has 1 heterocycles. The molecule has 0 amide bonds. The van der Waals surface area contributed by atoms with Gasteiger partial charge < -0.3 is 14.2 Å². The Labute approximate surface area is 144 Å². The molecule has 0 saturated carbocycles. The van der Waals surface area contributed by atoms with E-state index >= 15 is 0 Å². The lowest BCUT2D eigenvalue weighted by Crippen LogP contribution is -1.97. The fraction of sp³-hybridized carbons (Fsp3) is 0.222. The molecule has 6 heteroatoms. The lowest BCUT2D eigenvalue weighted by Gasteiger charge is -2.17. The summed E-state index contributed by atoms with van der Waals surface area (Å²) in [5.41, 5.74) is 2.93. The van der Waals surface area contributed by atoms with Crippen LogP contribution in [-0.4, -0.2) is 31.5 Å². The highest BCUT2D eigenvalue weighted by atomic mass is 32.1. The van der Waals surface area contributed by atoms with Crippen molar-refractivity contribution in [2.45, 2.75) is 6.92 Å². The number of nitrogens with zero attached hydrogens (tertiary/aromatic N) is 2. The maximum atomic E-state index is 5.62. The maximum absolute atomic E-state index is 5.62. The molecule has 0 bridgehead atoms. The van der Waals surface area contributed by atoms with Crippen LogP contribution in [0.2, 0.25) is 0 Å². The molecule has 0 unspecified atom stereocenters. The van der Waals surface area contributed by atoms with Crippen LogP contribution in [0.5, 0.6) is 17.2 Å². The Hall–Kier alpha value is -2.60. The highest BCUT2D eigenvalue weighted by Crippen LogP contribution is 2.46. The van der Waals surface area contributed by atoms with Gasteiger partial charge >= 0.3 is 0 Å². The van der Waals surface area contributed by atoms with E-state index in [2.05, 4.69) is 10.2 Å². The molecule has 0 aliphatic carbocycles. The lowest BCUT2D eigenvalue weighted by molar-refractivity contribution is 0.325. The van der Waals surface area contributed by atoms with Gasteiger partial charge in [0.25, 0.3) is 0 Å². The van der Waals surface area contributed by atoms with Crippen molar-refractivity contribution in [3.05, 3.63) is 41.4 Å².